The van der Waals surface area contributed by atoms with E-state index in [1.165, 1.54) is 26.5 Å². The van der Waals surface area contributed by atoms with Crippen LogP contribution in [-0.2, 0) is 4.79 Å². The predicted molar refractivity (Wildman–Crippen MR) is 119 cm³/mol. The molecule has 0 saturated carbocycles. The molecule has 3 rings (SSSR count). The van der Waals surface area contributed by atoms with E-state index in [-0.39, 0.29) is 28.5 Å². The van der Waals surface area contributed by atoms with E-state index in [1.54, 1.807) is 13.0 Å². The SMILES string of the molecule is COc1ccc(/C=N/NC(=O)C(C)Nc2cccc3ccccc23)c(C(=O)O)c1OC. The van der Waals surface area contributed by atoms with E-state index in [0.717, 1.165) is 16.5 Å². The highest BCUT2D eigenvalue weighted by Gasteiger charge is 2.20. The van der Waals surface area contributed by atoms with Crippen molar-refractivity contribution in [3.05, 3.63) is 65.7 Å². The number of amides is 1. The van der Waals surface area contributed by atoms with Crippen molar-refractivity contribution in [2.24, 2.45) is 5.10 Å². The highest BCUT2D eigenvalue weighted by molar-refractivity contribution is 6.02. The minimum Gasteiger partial charge on any atom is -0.493 e. The molecule has 0 aliphatic rings. The predicted octanol–water partition coefficient (Wildman–Crippen LogP) is 3.51. The summed E-state index contributed by atoms with van der Waals surface area (Å²) in [5.74, 6) is -1.21. The lowest BCUT2D eigenvalue weighted by Crippen LogP contribution is -2.35. The number of rotatable bonds is 8. The van der Waals surface area contributed by atoms with E-state index in [9.17, 15) is 14.7 Å². The van der Waals surface area contributed by atoms with Crippen LogP contribution in [0.15, 0.2) is 59.7 Å². The van der Waals surface area contributed by atoms with Crippen molar-refractivity contribution in [3.8, 4) is 11.5 Å². The lowest BCUT2D eigenvalue weighted by molar-refractivity contribution is -0.121. The Morgan fingerprint density at radius 3 is 2.48 bits per heavy atom. The maximum atomic E-state index is 12.5. The van der Waals surface area contributed by atoms with Crippen LogP contribution in [0.2, 0.25) is 0 Å². The Balaban J connectivity index is 1.74. The van der Waals surface area contributed by atoms with Gasteiger partial charge < -0.3 is 19.9 Å². The van der Waals surface area contributed by atoms with Gasteiger partial charge in [0, 0.05) is 16.6 Å². The second kappa shape index (κ2) is 9.62. The number of carboxylic acids is 1. The molecule has 1 unspecified atom stereocenters. The van der Waals surface area contributed by atoms with Gasteiger partial charge in [-0.25, -0.2) is 10.2 Å². The van der Waals surface area contributed by atoms with Gasteiger partial charge >= 0.3 is 5.97 Å². The summed E-state index contributed by atoms with van der Waals surface area (Å²) in [4.78, 5) is 24.2. The van der Waals surface area contributed by atoms with Gasteiger partial charge in [0.1, 0.15) is 11.6 Å². The van der Waals surface area contributed by atoms with Crippen molar-refractivity contribution in [2.75, 3.05) is 19.5 Å². The number of fused-ring (bicyclic) bond motifs is 1. The van der Waals surface area contributed by atoms with Crippen molar-refractivity contribution < 1.29 is 24.2 Å². The number of hydrogen-bond acceptors (Lipinski definition) is 6. The monoisotopic (exact) mass is 421 g/mol. The number of hydrazone groups is 1. The molecule has 3 aromatic rings. The van der Waals surface area contributed by atoms with E-state index in [0.29, 0.717) is 0 Å². The molecule has 8 nitrogen and oxygen atoms in total. The number of ether oxygens (including phenoxy) is 2. The molecular weight excluding hydrogens is 398 g/mol. The summed E-state index contributed by atoms with van der Waals surface area (Å²) in [6, 6.07) is 16.2. The molecule has 0 aliphatic heterocycles. The number of aromatic carboxylic acids is 1. The van der Waals surface area contributed by atoms with Gasteiger partial charge in [-0.15, -0.1) is 0 Å². The molecule has 0 bridgehead atoms. The fourth-order valence-corrected chi connectivity index (χ4v) is 3.18. The molecule has 0 saturated heterocycles. The van der Waals surface area contributed by atoms with E-state index in [1.807, 2.05) is 42.5 Å². The van der Waals surface area contributed by atoms with Crippen LogP contribution in [-0.4, -0.2) is 43.5 Å². The average molecular weight is 421 g/mol. The zero-order chi connectivity index (χ0) is 22.4. The number of nitrogens with zero attached hydrogens (tertiary/aromatic N) is 1. The van der Waals surface area contributed by atoms with Crippen LogP contribution in [0.1, 0.15) is 22.8 Å². The van der Waals surface area contributed by atoms with E-state index in [2.05, 4.69) is 15.8 Å². The normalized spacial score (nSPS) is 11.8. The van der Waals surface area contributed by atoms with Gasteiger partial charge in [-0.1, -0.05) is 36.4 Å². The van der Waals surface area contributed by atoms with Gasteiger partial charge in [-0.05, 0) is 30.5 Å². The zero-order valence-corrected chi connectivity index (χ0v) is 17.4. The summed E-state index contributed by atoms with van der Waals surface area (Å²) in [6.07, 6.45) is 1.26. The second-order valence-electron chi connectivity index (χ2n) is 6.70. The van der Waals surface area contributed by atoms with Gasteiger partial charge in [0.05, 0.1) is 20.4 Å². The number of carbonyl (C=O) groups is 2. The molecule has 160 valence electrons. The highest BCUT2D eigenvalue weighted by Crippen LogP contribution is 2.32. The second-order valence-corrected chi connectivity index (χ2v) is 6.70. The standard InChI is InChI=1S/C23H23N3O5/c1-14(25-18-10-6-8-15-7-4-5-9-17(15)18)22(27)26-24-13-16-11-12-19(30-2)21(31-3)20(16)23(28)29/h4-14,25H,1-3H3,(H,26,27)(H,28,29)/b24-13+. The summed E-state index contributed by atoms with van der Waals surface area (Å²) in [5, 5.41) is 18.7. The smallest absolute Gasteiger partial charge is 0.340 e. The molecule has 31 heavy (non-hydrogen) atoms. The molecule has 1 atom stereocenters. The lowest BCUT2D eigenvalue weighted by atomic mass is 10.1. The van der Waals surface area contributed by atoms with Gasteiger partial charge in [0.25, 0.3) is 5.91 Å². The average Bonchev–Trinajstić information content (AvgIpc) is 2.78. The van der Waals surface area contributed by atoms with Crippen LogP contribution < -0.4 is 20.2 Å². The van der Waals surface area contributed by atoms with E-state index in [4.69, 9.17) is 9.47 Å². The third kappa shape index (κ3) is 4.75. The summed E-state index contributed by atoms with van der Waals surface area (Å²) < 4.78 is 10.3. The number of benzene rings is 3. The fourth-order valence-electron chi connectivity index (χ4n) is 3.18. The maximum absolute atomic E-state index is 12.5. The third-order valence-electron chi connectivity index (χ3n) is 4.73. The molecule has 3 N–H and O–H groups in total. The van der Waals surface area contributed by atoms with Crippen molar-refractivity contribution >= 4 is 34.6 Å². The zero-order valence-electron chi connectivity index (χ0n) is 17.4. The largest absolute Gasteiger partial charge is 0.493 e. The summed E-state index contributed by atoms with van der Waals surface area (Å²) in [5.41, 5.74) is 3.42. The Labute approximate surface area is 179 Å². The minimum atomic E-state index is -1.20. The van der Waals surface area contributed by atoms with Crippen molar-refractivity contribution in [1.29, 1.82) is 0 Å². The van der Waals surface area contributed by atoms with Crippen molar-refractivity contribution in [3.63, 3.8) is 0 Å². The van der Waals surface area contributed by atoms with Gasteiger partial charge in [0.2, 0.25) is 0 Å². The Morgan fingerprint density at radius 2 is 1.77 bits per heavy atom. The maximum Gasteiger partial charge on any atom is 0.340 e. The number of nitrogens with one attached hydrogen (secondary N) is 2. The minimum absolute atomic E-state index is 0.0799. The number of anilines is 1. The molecule has 8 heteroatoms. The Morgan fingerprint density at radius 1 is 1.03 bits per heavy atom. The van der Waals surface area contributed by atoms with Gasteiger partial charge in [-0.2, -0.15) is 5.10 Å². The van der Waals surface area contributed by atoms with Gasteiger partial charge in [-0.3, -0.25) is 4.79 Å². The molecule has 0 aromatic heterocycles. The van der Waals surface area contributed by atoms with Crippen LogP contribution in [0, 0.1) is 0 Å². The van der Waals surface area contributed by atoms with E-state index < -0.39 is 12.0 Å². The first-order chi connectivity index (χ1) is 15.0. The fraction of sp³-hybridized carbons (Fsp3) is 0.174. The van der Waals surface area contributed by atoms with Crippen LogP contribution in [0.25, 0.3) is 10.8 Å². The lowest BCUT2D eigenvalue weighted by Gasteiger charge is -2.15. The number of methoxy groups -OCH3 is 2. The van der Waals surface area contributed by atoms with Crippen LogP contribution in [0.4, 0.5) is 5.69 Å². The Hall–Kier alpha value is -4.07. The molecule has 3 aromatic carbocycles. The first kappa shape index (κ1) is 21.6. The number of carbonyl (C=O) groups excluding carboxylic acids is 1. The quantitative estimate of drug-likeness (QED) is 0.379. The van der Waals surface area contributed by atoms with Crippen LogP contribution in [0.5, 0.6) is 11.5 Å². The van der Waals surface area contributed by atoms with Crippen LogP contribution in [0.3, 0.4) is 0 Å². The highest BCUT2D eigenvalue weighted by atomic mass is 16.5. The molecule has 0 radical (unpaired) electrons. The third-order valence-corrected chi connectivity index (χ3v) is 4.73. The molecule has 0 spiro atoms. The molecule has 1 amide bonds. The Kier molecular flexibility index (Phi) is 6.71. The first-order valence-corrected chi connectivity index (χ1v) is 9.51. The summed E-state index contributed by atoms with van der Waals surface area (Å²) in [7, 11) is 2.77. The summed E-state index contributed by atoms with van der Waals surface area (Å²) >= 11 is 0. The van der Waals surface area contributed by atoms with Crippen molar-refractivity contribution in [1.82, 2.24) is 5.43 Å². The molecule has 0 heterocycles. The van der Waals surface area contributed by atoms with E-state index >= 15 is 0 Å². The molecule has 0 fully saturated rings. The van der Waals surface area contributed by atoms with Crippen molar-refractivity contribution in [2.45, 2.75) is 13.0 Å². The topological polar surface area (TPSA) is 109 Å². The summed E-state index contributed by atoms with van der Waals surface area (Å²) in [6.45, 7) is 1.71. The van der Waals surface area contributed by atoms with Gasteiger partial charge in [0.15, 0.2) is 11.5 Å². The number of hydrogen-bond donors (Lipinski definition) is 3. The Bertz CT molecular complexity index is 1140. The first-order valence-electron chi connectivity index (χ1n) is 9.51. The van der Waals surface area contributed by atoms with Crippen LogP contribution >= 0.6 is 0 Å². The molecular formula is C23H23N3O5. The molecule has 0 aliphatic carbocycles. The number of carboxylic acid groups (broad SMARTS) is 1.